The molecule has 15 heavy (non-hydrogen) atoms. The van der Waals surface area contributed by atoms with Crippen molar-refractivity contribution in [2.24, 2.45) is 0 Å². The lowest BCUT2D eigenvalue weighted by Gasteiger charge is -2.05. The largest absolute Gasteiger partial charge is 0.369 e. The summed E-state index contributed by atoms with van der Waals surface area (Å²) >= 11 is 0. The molecule has 80 valence electrons. The second kappa shape index (κ2) is 3.72. The predicted molar refractivity (Wildman–Crippen MR) is 56.1 cm³/mol. The molecule has 2 rings (SSSR count). The Bertz CT molecular complexity index is 455. The van der Waals surface area contributed by atoms with Gasteiger partial charge in [0.2, 0.25) is 0 Å². The van der Waals surface area contributed by atoms with Crippen molar-refractivity contribution in [3.63, 3.8) is 0 Å². The lowest BCUT2D eigenvalue weighted by Crippen LogP contribution is -2.11. The van der Waals surface area contributed by atoms with E-state index in [1.54, 1.807) is 6.20 Å². The molecule has 2 N–H and O–H groups in total. The van der Waals surface area contributed by atoms with Crippen molar-refractivity contribution in [2.75, 3.05) is 5.73 Å². The minimum Gasteiger partial charge on any atom is -0.369 e. The monoisotopic (exact) mass is 206 g/mol. The average molecular weight is 206 g/mol. The first-order chi connectivity index (χ1) is 7.16. The van der Waals surface area contributed by atoms with Crippen LogP contribution in [0.2, 0.25) is 0 Å². The van der Waals surface area contributed by atoms with Crippen LogP contribution in [-0.2, 0) is 13.1 Å². The zero-order chi connectivity index (χ0) is 10.8. The van der Waals surface area contributed by atoms with Crippen LogP contribution in [0.1, 0.15) is 11.6 Å². The Morgan fingerprint density at radius 2 is 2.13 bits per heavy atom. The molecule has 0 bridgehead atoms. The number of anilines is 1. The van der Waals surface area contributed by atoms with Gasteiger partial charge in [0, 0.05) is 18.9 Å². The van der Waals surface area contributed by atoms with E-state index < -0.39 is 0 Å². The summed E-state index contributed by atoms with van der Waals surface area (Å²) in [5.41, 5.74) is 5.65. The maximum Gasteiger partial charge on any atom is 0.200 e. The van der Waals surface area contributed by atoms with E-state index in [9.17, 15) is 0 Å². The minimum atomic E-state index is 0.532. The Balaban J connectivity index is 2.05. The molecule has 0 radical (unpaired) electrons. The van der Waals surface area contributed by atoms with Gasteiger partial charge in [-0.25, -0.2) is 14.6 Å². The summed E-state index contributed by atoms with van der Waals surface area (Å²) in [6.45, 7) is 5.34. The number of hydrogen-bond acceptors (Lipinski definition) is 4. The Labute approximate surface area is 87.8 Å². The van der Waals surface area contributed by atoms with Gasteiger partial charge in [-0.2, -0.15) is 5.10 Å². The number of aromatic nitrogens is 5. The van der Waals surface area contributed by atoms with Crippen LogP contribution >= 0.6 is 0 Å². The Hall–Kier alpha value is -1.85. The smallest absolute Gasteiger partial charge is 0.200 e. The Morgan fingerprint density at radius 3 is 2.67 bits per heavy atom. The molecule has 0 amide bonds. The quantitative estimate of drug-likeness (QED) is 0.787. The summed E-state index contributed by atoms with van der Waals surface area (Å²) in [4.78, 5) is 8.18. The zero-order valence-electron chi connectivity index (χ0n) is 8.88. The van der Waals surface area contributed by atoms with Crippen molar-refractivity contribution >= 4 is 5.95 Å². The first-order valence-corrected chi connectivity index (χ1v) is 4.81. The molecule has 0 aliphatic heterocycles. The molecule has 0 atom stereocenters. The molecule has 0 fully saturated rings. The van der Waals surface area contributed by atoms with Gasteiger partial charge >= 0.3 is 0 Å². The van der Waals surface area contributed by atoms with Crippen LogP contribution in [0.3, 0.4) is 0 Å². The molecule has 0 saturated carbocycles. The Kier molecular flexibility index (Phi) is 2.40. The molecule has 0 aromatic carbocycles. The predicted octanol–water partition coefficient (Wildman–Crippen LogP) is 0.374. The second-order valence-electron chi connectivity index (χ2n) is 3.41. The lowest BCUT2D eigenvalue weighted by atomic mass is 10.5. The molecule has 6 nitrogen and oxygen atoms in total. The van der Waals surface area contributed by atoms with Gasteiger partial charge in [-0.05, 0) is 13.8 Å². The summed E-state index contributed by atoms with van der Waals surface area (Å²) in [6.07, 6.45) is 3.54. The number of hydrogen-bond donors (Lipinski definition) is 1. The van der Waals surface area contributed by atoms with E-state index in [0.29, 0.717) is 5.95 Å². The van der Waals surface area contributed by atoms with E-state index in [4.69, 9.17) is 5.73 Å². The molecule has 2 heterocycles. The Morgan fingerprint density at radius 1 is 1.33 bits per heavy atom. The second-order valence-corrected chi connectivity index (χ2v) is 3.41. The highest BCUT2D eigenvalue weighted by molar-refractivity contribution is 5.16. The van der Waals surface area contributed by atoms with E-state index in [-0.39, 0.29) is 0 Å². The number of rotatable bonds is 3. The van der Waals surface area contributed by atoms with E-state index >= 15 is 0 Å². The van der Waals surface area contributed by atoms with Crippen LogP contribution in [0.5, 0.6) is 0 Å². The molecule has 2 aromatic heterocycles. The normalized spacial score (nSPS) is 10.8. The van der Waals surface area contributed by atoms with Crippen molar-refractivity contribution in [3.05, 3.63) is 24.0 Å². The third-order valence-corrected chi connectivity index (χ3v) is 2.26. The molecule has 0 aliphatic carbocycles. The molecule has 0 spiro atoms. The van der Waals surface area contributed by atoms with E-state index in [0.717, 1.165) is 24.7 Å². The van der Waals surface area contributed by atoms with Gasteiger partial charge in [0.05, 0.1) is 6.54 Å². The highest BCUT2D eigenvalue weighted by atomic mass is 15.3. The fourth-order valence-corrected chi connectivity index (χ4v) is 1.51. The van der Waals surface area contributed by atoms with Crippen molar-refractivity contribution in [1.29, 1.82) is 0 Å². The fraction of sp³-hybridized carbons (Fsp3) is 0.444. The van der Waals surface area contributed by atoms with Crippen molar-refractivity contribution in [2.45, 2.75) is 26.9 Å². The summed E-state index contributed by atoms with van der Waals surface area (Å²) in [7, 11) is 0. The van der Waals surface area contributed by atoms with Crippen LogP contribution in [-0.4, -0.2) is 24.3 Å². The molecule has 0 unspecified atom stereocenters. The van der Waals surface area contributed by atoms with Gasteiger partial charge in [-0.15, -0.1) is 0 Å². The number of nitrogens with zero attached hydrogens (tertiary/aromatic N) is 5. The third-order valence-electron chi connectivity index (χ3n) is 2.26. The first-order valence-electron chi connectivity index (χ1n) is 4.81. The van der Waals surface area contributed by atoms with Gasteiger partial charge in [0.15, 0.2) is 5.95 Å². The van der Waals surface area contributed by atoms with E-state index in [1.807, 2.05) is 29.3 Å². The van der Waals surface area contributed by atoms with Gasteiger partial charge in [0.1, 0.15) is 11.6 Å². The van der Waals surface area contributed by atoms with Crippen LogP contribution in [0.15, 0.2) is 12.4 Å². The third kappa shape index (κ3) is 1.98. The summed E-state index contributed by atoms with van der Waals surface area (Å²) in [5, 5.41) is 4.27. The molecule has 6 heteroatoms. The topological polar surface area (TPSA) is 74.5 Å². The zero-order valence-corrected chi connectivity index (χ0v) is 8.88. The van der Waals surface area contributed by atoms with E-state index in [2.05, 4.69) is 15.1 Å². The molecule has 0 aliphatic rings. The maximum absolute atomic E-state index is 5.65. The van der Waals surface area contributed by atoms with Gasteiger partial charge in [-0.3, -0.25) is 0 Å². The van der Waals surface area contributed by atoms with Crippen LogP contribution in [0, 0.1) is 13.8 Å². The molecular weight excluding hydrogens is 192 g/mol. The van der Waals surface area contributed by atoms with Crippen molar-refractivity contribution in [3.8, 4) is 0 Å². The molecular formula is C9H14N6. The number of nitrogens with two attached hydrogens (primary N) is 1. The summed E-state index contributed by atoms with van der Waals surface area (Å²) < 4.78 is 3.76. The fourth-order valence-electron chi connectivity index (χ4n) is 1.51. The van der Waals surface area contributed by atoms with Crippen molar-refractivity contribution < 1.29 is 0 Å². The van der Waals surface area contributed by atoms with Gasteiger partial charge in [0.25, 0.3) is 0 Å². The van der Waals surface area contributed by atoms with Crippen molar-refractivity contribution in [1.82, 2.24) is 24.3 Å². The standard InChI is InChI=1S/C9H14N6/c1-7-12-8(2)15(13-7)6-5-14-4-3-11-9(14)10/h3-4H,5-6H2,1-2H3,(H2,10,11). The highest BCUT2D eigenvalue weighted by Gasteiger charge is 2.03. The number of imidazole rings is 1. The van der Waals surface area contributed by atoms with Gasteiger partial charge in [-0.1, -0.05) is 0 Å². The number of nitrogen functional groups attached to an aromatic ring is 1. The van der Waals surface area contributed by atoms with Crippen LogP contribution in [0.4, 0.5) is 5.95 Å². The number of aryl methyl sites for hydroxylation is 4. The minimum absolute atomic E-state index is 0.532. The van der Waals surface area contributed by atoms with Gasteiger partial charge < -0.3 is 10.3 Å². The van der Waals surface area contributed by atoms with Crippen LogP contribution in [0.25, 0.3) is 0 Å². The first kappa shape index (κ1) is 9.70. The van der Waals surface area contributed by atoms with E-state index in [1.165, 1.54) is 0 Å². The average Bonchev–Trinajstić information content (AvgIpc) is 2.70. The highest BCUT2D eigenvalue weighted by Crippen LogP contribution is 2.01. The molecule has 0 saturated heterocycles. The summed E-state index contributed by atoms with van der Waals surface area (Å²) in [5.74, 6) is 2.25. The maximum atomic E-state index is 5.65. The van der Waals surface area contributed by atoms with Crippen LogP contribution < -0.4 is 5.73 Å². The summed E-state index contributed by atoms with van der Waals surface area (Å²) in [6, 6.07) is 0. The lowest BCUT2D eigenvalue weighted by molar-refractivity contribution is 0.523. The molecule has 2 aromatic rings. The SMILES string of the molecule is Cc1nc(C)n(CCn2ccnc2N)n1.